The van der Waals surface area contributed by atoms with E-state index in [-0.39, 0.29) is 29.5 Å². The second-order valence-corrected chi connectivity index (χ2v) is 6.75. The average Bonchev–Trinajstić information content (AvgIpc) is 3.22. The number of aliphatic hydroxyl groups excluding tert-OH is 1. The molecule has 0 bridgehead atoms. The van der Waals surface area contributed by atoms with Gasteiger partial charge in [-0.1, -0.05) is 0 Å². The highest BCUT2D eigenvalue weighted by molar-refractivity contribution is 5.92. The Morgan fingerprint density at radius 2 is 2.12 bits per heavy atom. The van der Waals surface area contributed by atoms with Gasteiger partial charge in [0.25, 0.3) is 11.8 Å². The van der Waals surface area contributed by atoms with E-state index in [0.717, 1.165) is 6.26 Å². The lowest BCUT2D eigenvalue weighted by Crippen LogP contribution is -2.56. The Hall–Kier alpha value is -2.03. The van der Waals surface area contributed by atoms with Gasteiger partial charge < -0.3 is 19.3 Å². The van der Waals surface area contributed by atoms with Gasteiger partial charge in [-0.15, -0.1) is 0 Å². The number of aliphatic hydroxyl groups is 1. The van der Waals surface area contributed by atoms with Gasteiger partial charge in [-0.05, 0) is 26.2 Å². The van der Waals surface area contributed by atoms with Gasteiger partial charge in [0.2, 0.25) is 5.91 Å². The van der Waals surface area contributed by atoms with Crippen LogP contribution in [0, 0.1) is 11.8 Å². The number of hydrogen-bond donors (Lipinski definition) is 1. The molecule has 1 aromatic heterocycles. The van der Waals surface area contributed by atoms with Crippen LogP contribution in [0.15, 0.2) is 10.7 Å². The molecule has 0 radical (unpaired) electrons. The van der Waals surface area contributed by atoms with Crippen molar-refractivity contribution >= 4 is 11.8 Å². The summed E-state index contributed by atoms with van der Waals surface area (Å²) >= 11 is 0. The SMILES string of the molecule is CC(O)C1CC1C(=O)N1CCN(C(=O)c2coc(C(F)F)n2)C[C@@H]1C. The molecule has 0 aromatic carbocycles. The van der Waals surface area contributed by atoms with Crippen LogP contribution in [0.3, 0.4) is 0 Å². The fraction of sp³-hybridized carbons (Fsp3) is 0.688. The van der Waals surface area contributed by atoms with Crippen LogP contribution in [0.4, 0.5) is 8.78 Å². The number of nitrogens with zero attached hydrogens (tertiary/aromatic N) is 3. The second-order valence-electron chi connectivity index (χ2n) is 6.75. The molecule has 1 aromatic rings. The smallest absolute Gasteiger partial charge is 0.313 e. The maximum atomic E-state index is 12.5. The fourth-order valence-electron chi connectivity index (χ4n) is 3.36. The van der Waals surface area contributed by atoms with Crippen molar-refractivity contribution in [3.8, 4) is 0 Å². The van der Waals surface area contributed by atoms with Crippen molar-refractivity contribution in [2.45, 2.75) is 38.8 Å². The van der Waals surface area contributed by atoms with Gasteiger partial charge in [0.05, 0.1) is 6.10 Å². The summed E-state index contributed by atoms with van der Waals surface area (Å²) in [4.78, 5) is 31.6. The van der Waals surface area contributed by atoms with Crippen LogP contribution in [-0.4, -0.2) is 63.5 Å². The first kappa shape index (κ1) is 17.8. The van der Waals surface area contributed by atoms with E-state index in [2.05, 4.69) is 9.40 Å². The Labute approximate surface area is 143 Å². The number of amides is 2. The lowest BCUT2D eigenvalue weighted by Gasteiger charge is -2.39. The standard InChI is InChI=1S/C16H21F2N3O4/c1-8-6-20(16(24)12-7-25-14(19-12)13(17)18)3-4-21(8)15(23)11-5-10(11)9(2)22/h7-11,13,22H,3-6H2,1-2H3/t8-,9?,10?,11?/m0/s1. The Morgan fingerprint density at radius 3 is 2.64 bits per heavy atom. The molecule has 0 spiro atoms. The largest absolute Gasteiger partial charge is 0.443 e. The number of halogens is 2. The van der Waals surface area contributed by atoms with E-state index in [1.165, 1.54) is 4.90 Å². The summed E-state index contributed by atoms with van der Waals surface area (Å²) in [7, 11) is 0. The Bertz CT molecular complexity index is 664. The van der Waals surface area contributed by atoms with E-state index >= 15 is 0 Å². The molecule has 4 atom stereocenters. The van der Waals surface area contributed by atoms with Crippen molar-refractivity contribution in [2.24, 2.45) is 11.8 Å². The summed E-state index contributed by atoms with van der Waals surface area (Å²) in [6, 6.07) is -0.193. The van der Waals surface area contributed by atoms with E-state index < -0.39 is 24.3 Å². The van der Waals surface area contributed by atoms with Crippen LogP contribution in [-0.2, 0) is 4.79 Å². The molecule has 1 saturated carbocycles. The molecule has 2 aliphatic rings. The van der Waals surface area contributed by atoms with Gasteiger partial charge in [0.15, 0.2) is 5.69 Å². The molecule has 138 valence electrons. The molecular formula is C16H21F2N3O4. The molecule has 1 saturated heterocycles. The zero-order valence-electron chi connectivity index (χ0n) is 14.1. The first-order valence-electron chi connectivity index (χ1n) is 8.31. The van der Waals surface area contributed by atoms with Gasteiger partial charge in [-0.25, -0.2) is 4.98 Å². The lowest BCUT2D eigenvalue weighted by atomic mass is 10.1. The molecule has 1 aliphatic carbocycles. The first-order valence-corrected chi connectivity index (χ1v) is 8.31. The molecule has 2 amide bonds. The van der Waals surface area contributed by atoms with E-state index in [1.54, 1.807) is 11.8 Å². The van der Waals surface area contributed by atoms with Crippen LogP contribution < -0.4 is 0 Å². The molecule has 7 nitrogen and oxygen atoms in total. The zero-order valence-corrected chi connectivity index (χ0v) is 14.1. The van der Waals surface area contributed by atoms with Gasteiger partial charge >= 0.3 is 6.43 Å². The number of piperazine rings is 1. The highest BCUT2D eigenvalue weighted by atomic mass is 19.3. The van der Waals surface area contributed by atoms with E-state index in [0.29, 0.717) is 26.1 Å². The van der Waals surface area contributed by atoms with Crippen molar-refractivity contribution in [3.05, 3.63) is 17.8 Å². The molecule has 25 heavy (non-hydrogen) atoms. The van der Waals surface area contributed by atoms with Crippen molar-refractivity contribution in [1.29, 1.82) is 0 Å². The summed E-state index contributed by atoms with van der Waals surface area (Å²) in [5, 5.41) is 9.56. The Morgan fingerprint density at radius 1 is 1.40 bits per heavy atom. The van der Waals surface area contributed by atoms with Crippen molar-refractivity contribution in [1.82, 2.24) is 14.8 Å². The topological polar surface area (TPSA) is 86.9 Å². The van der Waals surface area contributed by atoms with Gasteiger partial charge in [-0.2, -0.15) is 8.78 Å². The first-order chi connectivity index (χ1) is 11.8. The number of aromatic nitrogens is 1. The predicted octanol–water partition coefficient (Wildman–Crippen LogP) is 1.30. The third-order valence-corrected chi connectivity index (χ3v) is 4.90. The summed E-state index contributed by atoms with van der Waals surface area (Å²) in [6.07, 6.45) is -1.74. The zero-order chi connectivity index (χ0) is 18.3. The minimum absolute atomic E-state index is 0.00641. The number of alkyl halides is 2. The predicted molar refractivity (Wildman–Crippen MR) is 81.8 cm³/mol. The number of oxazole rings is 1. The molecule has 1 N–H and O–H groups in total. The second kappa shape index (κ2) is 6.70. The van der Waals surface area contributed by atoms with Crippen molar-refractivity contribution in [2.75, 3.05) is 19.6 Å². The minimum atomic E-state index is -2.87. The number of carbonyl (C=O) groups excluding carboxylic acids is 2. The third-order valence-electron chi connectivity index (χ3n) is 4.90. The number of rotatable bonds is 4. The van der Waals surface area contributed by atoms with E-state index in [9.17, 15) is 23.5 Å². The Kier molecular flexibility index (Phi) is 4.77. The maximum absolute atomic E-state index is 12.5. The van der Waals surface area contributed by atoms with Crippen LogP contribution in [0.25, 0.3) is 0 Å². The average molecular weight is 357 g/mol. The summed E-state index contributed by atoms with van der Waals surface area (Å²) < 4.78 is 29.6. The molecule has 1 aliphatic heterocycles. The summed E-state index contributed by atoms with van der Waals surface area (Å²) in [6.45, 7) is 4.49. The van der Waals surface area contributed by atoms with E-state index in [4.69, 9.17) is 0 Å². The normalized spacial score (nSPS) is 27.5. The van der Waals surface area contributed by atoms with Gasteiger partial charge in [0, 0.05) is 31.6 Å². The van der Waals surface area contributed by atoms with Crippen molar-refractivity contribution < 1.29 is 27.9 Å². The molecule has 2 heterocycles. The fourth-order valence-corrected chi connectivity index (χ4v) is 3.36. The molecule has 9 heteroatoms. The molecular weight excluding hydrogens is 336 g/mol. The maximum Gasteiger partial charge on any atom is 0.313 e. The summed E-state index contributed by atoms with van der Waals surface area (Å²) in [5.74, 6) is -1.38. The van der Waals surface area contributed by atoms with Crippen LogP contribution >= 0.6 is 0 Å². The highest BCUT2D eigenvalue weighted by Crippen LogP contribution is 2.43. The molecule has 3 rings (SSSR count). The van der Waals surface area contributed by atoms with Crippen LogP contribution in [0.2, 0.25) is 0 Å². The number of hydrogen-bond acceptors (Lipinski definition) is 5. The molecule has 2 fully saturated rings. The third kappa shape index (κ3) is 3.51. The quantitative estimate of drug-likeness (QED) is 0.878. The lowest BCUT2D eigenvalue weighted by molar-refractivity contribution is -0.137. The Balaban J connectivity index is 1.59. The van der Waals surface area contributed by atoms with Crippen LogP contribution in [0.1, 0.15) is 43.1 Å². The van der Waals surface area contributed by atoms with E-state index in [1.807, 2.05) is 6.92 Å². The summed E-state index contributed by atoms with van der Waals surface area (Å²) in [5.41, 5.74) is -0.154. The number of carbonyl (C=O) groups is 2. The molecule has 3 unspecified atom stereocenters. The van der Waals surface area contributed by atoms with Gasteiger partial charge in [-0.3, -0.25) is 9.59 Å². The van der Waals surface area contributed by atoms with Crippen molar-refractivity contribution in [3.63, 3.8) is 0 Å². The monoisotopic (exact) mass is 357 g/mol. The highest BCUT2D eigenvalue weighted by Gasteiger charge is 2.48. The minimum Gasteiger partial charge on any atom is -0.443 e. The van der Waals surface area contributed by atoms with Crippen LogP contribution in [0.5, 0.6) is 0 Å². The van der Waals surface area contributed by atoms with Gasteiger partial charge in [0.1, 0.15) is 6.26 Å².